The summed E-state index contributed by atoms with van der Waals surface area (Å²) in [6.07, 6.45) is 3.20. The van der Waals surface area contributed by atoms with Crippen LogP contribution in [0.25, 0.3) is 17.1 Å². The van der Waals surface area contributed by atoms with E-state index in [-0.39, 0.29) is 11.9 Å². The summed E-state index contributed by atoms with van der Waals surface area (Å²) in [6, 6.07) is 6.73. The second-order valence-corrected chi connectivity index (χ2v) is 5.05. The molecule has 5 heteroatoms. The number of aromatic nitrogens is 2. The van der Waals surface area contributed by atoms with Gasteiger partial charge in [0.05, 0.1) is 5.56 Å². The molecular weight excluding hydrogens is 279 g/mol. The van der Waals surface area contributed by atoms with Gasteiger partial charge in [-0.25, -0.2) is 14.4 Å². The van der Waals surface area contributed by atoms with Crippen molar-refractivity contribution in [1.29, 1.82) is 0 Å². The van der Waals surface area contributed by atoms with Gasteiger partial charge >= 0.3 is 0 Å². The topological polar surface area (TPSA) is 55.0 Å². The van der Waals surface area contributed by atoms with E-state index in [9.17, 15) is 4.39 Å². The van der Waals surface area contributed by atoms with Crippen molar-refractivity contribution in [3.05, 3.63) is 54.6 Å². The van der Waals surface area contributed by atoms with Crippen LogP contribution in [-0.4, -0.2) is 34.0 Å². The molecule has 0 aliphatic carbocycles. The Morgan fingerprint density at radius 3 is 2.59 bits per heavy atom. The van der Waals surface area contributed by atoms with E-state index in [0.29, 0.717) is 23.5 Å². The highest BCUT2D eigenvalue weighted by atomic mass is 19.1. The summed E-state index contributed by atoms with van der Waals surface area (Å²) in [5.74, 6) is -0.00508. The molecule has 116 valence electrons. The first-order valence-corrected chi connectivity index (χ1v) is 7.32. The molecule has 1 heterocycles. The first-order chi connectivity index (χ1) is 10.6. The number of likely N-dealkylation sites (N-methyl/N-ethyl adjacent to an activating group) is 1. The first-order valence-electron chi connectivity index (χ1n) is 7.32. The van der Waals surface area contributed by atoms with Gasteiger partial charge in [-0.1, -0.05) is 18.7 Å². The van der Waals surface area contributed by atoms with Crippen molar-refractivity contribution in [3.8, 4) is 11.4 Å². The van der Waals surface area contributed by atoms with Crippen LogP contribution in [0.2, 0.25) is 0 Å². The molecule has 0 radical (unpaired) electrons. The fourth-order valence-electron chi connectivity index (χ4n) is 2.47. The highest BCUT2D eigenvalue weighted by Gasteiger charge is 2.20. The third-order valence-corrected chi connectivity index (χ3v) is 3.67. The van der Waals surface area contributed by atoms with Crippen molar-refractivity contribution in [1.82, 2.24) is 14.9 Å². The monoisotopic (exact) mass is 300 g/mol. The molecule has 0 fully saturated rings. The van der Waals surface area contributed by atoms with Crippen molar-refractivity contribution in [3.63, 3.8) is 0 Å². The summed E-state index contributed by atoms with van der Waals surface area (Å²) in [5.41, 5.74) is 7.55. The molecule has 1 atom stereocenters. The third kappa shape index (κ3) is 3.14. The Labute approximate surface area is 130 Å². The maximum atomic E-state index is 14.4. The van der Waals surface area contributed by atoms with E-state index in [4.69, 9.17) is 5.73 Å². The van der Waals surface area contributed by atoms with Crippen LogP contribution in [0.1, 0.15) is 19.4 Å². The molecule has 0 saturated carbocycles. The van der Waals surface area contributed by atoms with Crippen LogP contribution in [0, 0.1) is 5.82 Å². The minimum absolute atomic E-state index is 0.116. The second-order valence-electron chi connectivity index (χ2n) is 5.05. The lowest BCUT2D eigenvalue weighted by atomic mass is 10.0. The van der Waals surface area contributed by atoms with E-state index in [1.165, 1.54) is 6.07 Å². The van der Waals surface area contributed by atoms with Crippen LogP contribution < -0.4 is 5.73 Å². The lowest BCUT2D eigenvalue weighted by molar-refractivity contribution is 0.333. The van der Waals surface area contributed by atoms with Gasteiger partial charge in [-0.15, -0.1) is 0 Å². The van der Waals surface area contributed by atoms with Gasteiger partial charge in [-0.2, -0.15) is 0 Å². The lowest BCUT2D eigenvalue weighted by Crippen LogP contribution is -2.36. The van der Waals surface area contributed by atoms with Gasteiger partial charge in [0.2, 0.25) is 0 Å². The molecule has 0 unspecified atom stereocenters. The minimum atomic E-state index is -0.360. The van der Waals surface area contributed by atoms with Crippen LogP contribution in [-0.2, 0) is 0 Å². The number of benzene rings is 1. The molecule has 0 aliphatic rings. The largest absolute Gasteiger partial charge is 0.368 e. The number of nitrogens with two attached hydrogens (primary N) is 1. The van der Waals surface area contributed by atoms with Crippen molar-refractivity contribution in [2.24, 2.45) is 5.73 Å². The SMILES string of the molecule is C=C(c1cccc(F)c1-c1ncccn1)N(CC)[C@@H](C)CN. The molecule has 22 heavy (non-hydrogen) atoms. The van der Waals surface area contributed by atoms with Crippen LogP contribution in [0.15, 0.2) is 43.2 Å². The van der Waals surface area contributed by atoms with Gasteiger partial charge in [0.15, 0.2) is 5.82 Å². The number of rotatable bonds is 6. The van der Waals surface area contributed by atoms with Crippen molar-refractivity contribution < 1.29 is 4.39 Å². The van der Waals surface area contributed by atoms with E-state index in [0.717, 1.165) is 12.2 Å². The molecule has 2 aromatic rings. The van der Waals surface area contributed by atoms with Crippen molar-refractivity contribution in [2.45, 2.75) is 19.9 Å². The molecule has 1 aromatic heterocycles. The van der Waals surface area contributed by atoms with Crippen LogP contribution in [0.3, 0.4) is 0 Å². The predicted octanol–water partition coefficient (Wildman–Crippen LogP) is 2.92. The Bertz CT molecular complexity index is 642. The average Bonchev–Trinajstić information content (AvgIpc) is 2.55. The fraction of sp³-hybridized carbons (Fsp3) is 0.294. The normalized spacial score (nSPS) is 12.0. The molecule has 0 spiro atoms. The molecule has 0 amide bonds. The van der Waals surface area contributed by atoms with Crippen LogP contribution >= 0.6 is 0 Å². The second kappa shape index (κ2) is 7.13. The number of halogens is 1. The Balaban J connectivity index is 2.52. The molecule has 0 aliphatic heterocycles. The van der Waals surface area contributed by atoms with Gasteiger partial charge in [0.1, 0.15) is 5.82 Å². The van der Waals surface area contributed by atoms with Crippen LogP contribution in [0.4, 0.5) is 4.39 Å². The van der Waals surface area contributed by atoms with E-state index in [2.05, 4.69) is 21.4 Å². The number of hydrogen-bond donors (Lipinski definition) is 1. The zero-order valence-corrected chi connectivity index (χ0v) is 13.0. The zero-order chi connectivity index (χ0) is 16.1. The van der Waals surface area contributed by atoms with Crippen molar-refractivity contribution in [2.75, 3.05) is 13.1 Å². The average molecular weight is 300 g/mol. The van der Waals surface area contributed by atoms with Gasteiger partial charge in [-0.05, 0) is 26.0 Å². The molecule has 2 N–H and O–H groups in total. The first kappa shape index (κ1) is 16.1. The Morgan fingerprint density at radius 1 is 1.32 bits per heavy atom. The summed E-state index contributed by atoms with van der Waals surface area (Å²) in [7, 11) is 0. The van der Waals surface area contributed by atoms with Gasteiger partial charge < -0.3 is 10.6 Å². The maximum Gasteiger partial charge on any atom is 0.162 e. The Hall–Kier alpha value is -2.27. The highest BCUT2D eigenvalue weighted by Crippen LogP contribution is 2.30. The van der Waals surface area contributed by atoms with Crippen LogP contribution in [0.5, 0.6) is 0 Å². The quantitative estimate of drug-likeness (QED) is 0.891. The molecular formula is C17H21FN4. The van der Waals surface area contributed by atoms with E-state index in [1.54, 1.807) is 24.5 Å². The Morgan fingerprint density at radius 2 is 2.00 bits per heavy atom. The summed E-state index contributed by atoms with van der Waals surface area (Å²) in [4.78, 5) is 10.4. The van der Waals surface area contributed by atoms with E-state index in [1.807, 2.05) is 19.9 Å². The molecule has 0 saturated heterocycles. The van der Waals surface area contributed by atoms with Crippen molar-refractivity contribution >= 4 is 5.70 Å². The number of nitrogens with zero attached hydrogens (tertiary/aromatic N) is 3. The van der Waals surface area contributed by atoms with Gasteiger partial charge in [0, 0.05) is 42.8 Å². The van der Waals surface area contributed by atoms with Gasteiger partial charge in [0.25, 0.3) is 0 Å². The smallest absolute Gasteiger partial charge is 0.162 e. The Kier molecular flexibility index (Phi) is 5.22. The third-order valence-electron chi connectivity index (χ3n) is 3.67. The standard InChI is InChI=1S/C17H21FN4/c1-4-22(12(2)11-19)13(3)14-7-5-8-15(18)16(14)17-20-9-6-10-21-17/h5-10,12H,3-4,11,19H2,1-2H3/t12-/m0/s1. The molecule has 2 rings (SSSR count). The number of hydrogen-bond acceptors (Lipinski definition) is 4. The summed E-state index contributed by atoms with van der Waals surface area (Å²) in [6.45, 7) is 9.42. The van der Waals surface area contributed by atoms with E-state index >= 15 is 0 Å². The molecule has 1 aromatic carbocycles. The zero-order valence-electron chi connectivity index (χ0n) is 13.0. The summed E-state index contributed by atoms with van der Waals surface area (Å²) < 4.78 is 14.4. The maximum absolute atomic E-state index is 14.4. The summed E-state index contributed by atoms with van der Waals surface area (Å²) >= 11 is 0. The molecule has 4 nitrogen and oxygen atoms in total. The van der Waals surface area contributed by atoms with Gasteiger partial charge in [-0.3, -0.25) is 0 Å². The lowest BCUT2D eigenvalue weighted by Gasteiger charge is -2.32. The highest BCUT2D eigenvalue weighted by molar-refractivity contribution is 5.77. The fourth-order valence-corrected chi connectivity index (χ4v) is 2.47. The van der Waals surface area contributed by atoms with E-state index < -0.39 is 0 Å². The molecule has 0 bridgehead atoms. The summed E-state index contributed by atoms with van der Waals surface area (Å²) in [5, 5.41) is 0. The predicted molar refractivity (Wildman–Crippen MR) is 87.4 cm³/mol. The minimum Gasteiger partial charge on any atom is -0.368 e.